The van der Waals surface area contributed by atoms with E-state index in [1.165, 1.54) is 0 Å². The van der Waals surface area contributed by atoms with Crippen molar-refractivity contribution in [3.8, 4) is 17.0 Å². The van der Waals surface area contributed by atoms with Crippen molar-refractivity contribution in [3.05, 3.63) is 72.7 Å². The number of hydrogen-bond acceptors (Lipinski definition) is 5. The van der Waals surface area contributed by atoms with Crippen LogP contribution in [0.25, 0.3) is 11.3 Å². The van der Waals surface area contributed by atoms with Crippen molar-refractivity contribution >= 4 is 17.5 Å². The molecule has 2 amide bonds. The van der Waals surface area contributed by atoms with Crippen LogP contribution in [0.5, 0.6) is 5.75 Å². The normalized spacial score (nSPS) is 15.8. The zero-order valence-electron chi connectivity index (χ0n) is 16.6. The fourth-order valence-electron chi connectivity index (χ4n) is 3.44. The number of carbonyl (C=O) groups is 2. The fourth-order valence-corrected chi connectivity index (χ4v) is 3.44. The van der Waals surface area contributed by atoms with Gasteiger partial charge in [-0.1, -0.05) is 6.07 Å². The molecule has 3 aromatic rings. The summed E-state index contributed by atoms with van der Waals surface area (Å²) >= 11 is 0. The summed E-state index contributed by atoms with van der Waals surface area (Å²) in [5.74, 6) is 0.170. The molecule has 1 unspecified atom stereocenters. The van der Waals surface area contributed by atoms with Gasteiger partial charge in [0.15, 0.2) is 0 Å². The number of ether oxygens (including phenoxy) is 1. The number of nitrogens with zero attached hydrogens (tertiary/aromatic N) is 3. The first-order valence-corrected chi connectivity index (χ1v) is 9.71. The largest absolute Gasteiger partial charge is 0.497 e. The Labute approximate surface area is 174 Å². The van der Waals surface area contributed by atoms with Crippen LogP contribution in [0.3, 0.4) is 0 Å². The predicted molar refractivity (Wildman–Crippen MR) is 113 cm³/mol. The molecule has 0 saturated carbocycles. The zero-order chi connectivity index (χ0) is 20.9. The lowest BCUT2D eigenvalue weighted by atomic mass is 10.1. The Morgan fingerprint density at radius 1 is 1.17 bits per heavy atom. The number of rotatable bonds is 6. The third-order valence-electron chi connectivity index (χ3n) is 5.13. The van der Waals surface area contributed by atoms with Crippen LogP contribution in [0.1, 0.15) is 12.0 Å². The molecule has 3 heterocycles. The first-order valence-electron chi connectivity index (χ1n) is 9.71. The van der Waals surface area contributed by atoms with Gasteiger partial charge in [-0.3, -0.25) is 19.6 Å². The van der Waals surface area contributed by atoms with E-state index < -0.39 is 0 Å². The Balaban J connectivity index is 1.33. The molecule has 1 N–H and O–H groups in total. The first-order chi connectivity index (χ1) is 14.6. The standard InChI is InChI=1S/C23H22N4O3/c1-30-20-7-5-19(6-8-20)27-15-18(11-22(27)28)23(29)26-13-16-4-9-21(25-12-16)17-3-2-10-24-14-17/h2-10,12,14,18H,11,13,15H2,1H3,(H,26,29). The number of aromatic nitrogens is 2. The average Bonchev–Trinajstić information content (AvgIpc) is 3.20. The van der Waals surface area contributed by atoms with Gasteiger partial charge < -0.3 is 15.0 Å². The van der Waals surface area contributed by atoms with Crippen LogP contribution >= 0.6 is 0 Å². The lowest BCUT2D eigenvalue weighted by molar-refractivity contribution is -0.126. The molecule has 30 heavy (non-hydrogen) atoms. The van der Waals surface area contributed by atoms with Crippen LogP contribution in [0.2, 0.25) is 0 Å². The van der Waals surface area contributed by atoms with Crippen molar-refractivity contribution in [2.45, 2.75) is 13.0 Å². The van der Waals surface area contributed by atoms with Crippen LogP contribution < -0.4 is 15.0 Å². The highest BCUT2D eigenvalue weighted by Gasteiger charge is 2.35. The molecular weight excluding hydrogens is 380 g/mol. The molecule has 2 aromatic heterocycles. The van der Waals surface area contributed by atoms with Crippen molar-refractivity contribution in [2.24, 2.45) is 5.92 Å². The molecular formula is C23H22N4O3. The highest BCUT2D eigenvalue weighted by Crippen LogP contribution is 2.27. The van der Waals surface area contributed by atoms with E-state index in [4.69, 9.17) is 4.74 Å². The Morgan fingerprint density at radius 3 is 2.67 bits per heavy atom. The van der Waals surface area contributed by atoms with Crippen LogP contribution in [-0.2, 0) is 16.1 Å². The topological polar surface area (TPSA) is 84.4 Å². The molecule has 152 valence electrons. The van der Waals surface area contributed by atoms with E-state index in [9.17, 15) is 9.59 Å². The monoisotopic (exact) mass is 402 g/mol. The second-order valence-electron chi connectivity index (χ2n) is 7.11. The van der Waals surface area contributed by atoms with Crippen molar-refractivity contribution in [1.82, 2.24) is 15.3 Å². The molecule has 1 saturated heterocycles. The van der Waals surface area contributed by atoms with Crippen molar-refractivity contribution in [3.63, 3.8) is 0 Å². The van der Waals surface area contributed by atoms with Crippen molar-refractivity contribution in [2.75, 3.05) is 18.6 Å². The Morgan fingerprint density at radius 2 is 2.00 bits per heavy atom. The molecule has 7 heteroatoms. The van der Waals surface area contributed by atoms with E-state index in [1.54, 1.807) is 42.7 Å². The maximum Gasteiger partial charge on any atom is 0.227 e. The Kier molecular flexibility index (Phi) is 5.70. The summed E-state index contributed by atoms with van der Waals surface area (Å²) in [6.45, 7) is 0.738. The van der Waals surface area contributed by atoms with Gasteiger partial charge in [-0.05, 0) is 48.0 Å². The minimum Gasteiger partial charge on any atom is -0.497 e. The zero-order valence-corrected chi connectivity index (χ0v) is 16.6. The molecule has 7 nitrogen and oxygen atoms in total. The SMILES string of the molecule is COc1ccc(N2CC(C(=O)NCc3ccc(-c4cccnc4)nc3)CC2=O)cc1. The summed E-state index contributed by atoms with van der Waals surface area (Å²) in [7, 11) is 1.60. The van der Waals surface area contributed by atoms with Crippen molar-refractivity contribution < 1.29 is 14.3 Å². The first kappa shape index (κ1) is 19.6. The molecule has 1 atom stereocenters. The quantitative estimate of drug-likeness (QED) is 0.685. The summed E-state index contributed by atoms with van der Waals surface area (Å²) in [4.78, 5) is 35.2. The number of methoxy groups -OCH3 is 1. The molecule has 1 fully saturated rings. The van der Waals surface area contributed by atoms with E-state index >= 15 is 0 Å². The van der Waals surface area contributed by atoms with Crippen LogP contribution in [0.15, 0.2) is 67.1 Å². The number of hydrogen-bond donors (Lipinski definition) is 1. The van der Waals surface area contributed by atoms with E-state index in [-0.39, 0.29) is 24.2 Å². The summed E-state index contributed by atoms with van der Waals surface area (Å²) < 4.78 is 5.15. The minimum absolute atomic E-state index is 0.0530. The Hall–Kier alpha value is -3.74. The van der Waals surface area contributed by atoms with E-state index in [0.29, 0.717) is 13.1 Å². The van der Waals surface area contributed by atoms with Gasteiger partial charge in [0.05, 0.1) is 18.7 Å². The van der Waals surface area contributed by atoms with E-state index in [2.05, 4.69) is 15.3 Å². The molecule has 0 aliphatic carbocycles. The lowest BCUT2D eigenvalue weighted by Crippen LogP contribution is -2.32. The molecule has 0 bridgehead atoms. The third-order valence-corrected chi connectivity index (χ3v) is 5.13. The molecule has 1 aromatic carbocycles. The van der Waals surface area contributed by atoms with Crippen LogP contribution in [0.4, 0.5) is 5.69 Å². The van der Waals surface area contributed by atoms with Crippen LogP contribution in [-0.4, -0.2) is 35.4 Å². The van der Waals surface area contributed by atoms with Crippen molar-refractivity contribution in [1.29, 1.82) is 0 Å². The number of nitrogens with one attached hydrogen (secondary N) is 1. The van der Waals surface area contributed by atoms with Gasteiger partial charge in [0, 0.05) is 49.4 Å². The van der Waals surface area contributed by atoms with Gasteiger partial charge in [0.1, 0.15) is 5.75 Å². The Bertz CT molecular complexity index is 1020. The number of carbonyl (C=O) groups excluding carboxylic acids is 2. The summed E-state index contributed by atoms with van der Waals surface area (Å²) in [6, 6.07) is 14.9. The summed E-state index contributed by atoms with van der Waals surface area (Å²) in [6.07, 6.45) is 5.43. The van der Waals surface area contributed by atoms with Gasteiger partial charge >= 0.3 is 0 Å². The smallest absolute Gasteiger partial charge is 0.227 e. The molecule has 0 spiro atoms. The summed E-state index contributed by atoms with van der Waals surface area (Å²) in [5.41, 5.74) is 3.43. The maximum atomic E-state index is 12.6. The maximum absolute atomic E-state index is 12.6. The van der Waals surface area contributed by atoms with E-state index in [1.807, 2.05) is 36.4 Å². The lowest BCUT2D eigenvalue weighted by Gasteiger charge is -2.17. The van der Waals surface area contributed by atoms with E-state index in [0.717, 1.165) is 28.3 Å². The molecule has 4 rings (SSSR count). The van der Waals surface area contributed by atoms with Gasteiger partial charge in [-0.15, -0.1) is 0 Å². The second-order valence-corrected chi connectivity index (χ2v) is 7.11. The predicted octanol–water partition coefficient (Wildman–Crippen LogP) is 2.82. The second kappa shape index (κ2) is 8.73. The van der Waals surface area contributed by atoms with Gasteiger partial charge in [0.2, 0.25) is 11.8 Å². The molecule has 1 aliphatic heterocycles. The van der Waals surface area contributed by atoms with Crippen LogP contribution in [0, 0.1) is 5.92 Å². The summed E-state index contributed by atoms with van der Waals surface area (Å²) in [5, 5.41) is 2.92. The fraction of sp³-hybridized carbons (Fsp3) is 0.217. The van der Waals surface area contributed by atoms with Gasteiger partial charge in [-0.25, -0.2) is 0 Å². The average molecular weight is 402 g/mol. The number of pyridine rings is 2. The van der Waals surface area contributed by atoms with Gasteiger partial charge in [-0.2, -0.15) is 0 Å². The number of benzene rings is 1. The highest BCUT2D eigenvalue weighted by molar-refractivity contribution is 6.00. The third kappa shape index (κ3) is 4.30. The number of amides is 2. The molecule has 1 aliphatic rings. The molecule has 0 radical (unpaired) electrons. The highest BCUT2D eigenvalue weighted by atomic mass is 16.5. The minimum atomic E-state index is -0.373. The number of anilines is 1. The van der Waals surface area contributed by atoms with Gasteiger partial charge in [0.25, 0.3) is 0 Å².